The minimum absolute atomic E-state index is 0.954. The number of thiophene rings is 1. The molecule has 1 unspecified atom stereocenters. The van der Waals surface area contributed by atoms with Gasteiger partial charge < -0.3 is 4.57 Å². The van der Waals surface area contributed by atoms with Crippen LogP contribution in [0.25, 0.3) is 58.8 Å². The smallest absolute Gasteiger partial charge is 0.138 e. The van der Waals surface area contributed by atoms with Gasteiger partial charge in [0.15, 0.2) is 0 Å². The molecule has 1 aliphatic heterocycles. The summed E-state index contributed by atoms with van der Waals surface area (Å²) in [5.41, 5.74) is 10.9. The molecule has 0 bridgehead atoms. The molecule has 53 heavy (non-hydrogen) atoms. The molecule has 0 aliphatic carbocycles. The van der Waals surface area contributed by atoms with Crippen LogP contribution < -0.4 is 14.6 Å². The summed E-state index contributed by atoms with van der Waals surface area (Å²) in [6.45, 7) is 0. The van der Waals surface area contributed by atoms with Gasteiger partial charge >= 0.3 is 0 Å². The van der Waals surface area contributed by atoms with Crippen LogP contribution in [0.3, 0.4) is 0 Å². The van der Waals surface area contributed by atoms with E-state index in [0.717, 1.165) is 0 Å². The van der Waals surface area contributed by atoms with E-state index in [9.17, 15) is 0 Å². The molecule has 3 heterocycles. The number of anilines is 4. The number of hydrogen-bond donors (Lipinski definition) is 0. The zero-order valence-corrected chi connectivity index (χ0v) is 30.4. The van der Waals surface area contributed by atoms with Crippen LogP contribution in [0.2, 0.25) is 0 Å². The van der Waals surface area contributed by atoms with Crippen molar-refractivity contribution in [2.24, 2.45) is 0 Å². The van der Waals surface area contributed by atoms with Crippen LogP contribution in [0.5, 0.6) is 0 Å². The highest BCUT2D eigenvalue weighted by Crippen LogP contribution is 2.65. The molecular weight excluding hydrogens is 682 g/mol. The predicted octanol–water partition coefficient (Wildman–Crippen LogP) is 13.7. The number of fused-ring (bicyclic) bond motifs is 7. The first-order valence-electron chi connectivity index (χ1n) is 17.9. The minimum atomic E-state index is -0.954. The summed E-state index contributed by atoms with van der Waals surface area (Å²) in [7, 11) is -0.954. The van der Waals surface area contributed by atoms with Crippen molar-refractivity contribution in [2.75, 3.05) is 9.34 Å². The Hall–Kier alpha value is -6.19. The van der Waals surface area contributed by atoms with Crippen LogP contribution in [0.4, 0.5) is 22.7 Å². The van der Waals surface area contributed by atoms with E-state index in [4.69, 9.17) is 0 Å². The molecule has 5 heteroatoms. The van der Waals surface area contributed by atoms with Gasteiger partial charge in [-0.05, 0) is 90.0 Å². The van der Waals surface area contributed by atoms with Gasteiger partial charge in [-0.1, -0.05) is 115 Å². The highest BCUT2D eigenvalue weighted by Gasteiger charge is 2.39. The van der Waals surface area contributed by atoms with Crippen LogP contribution in [0.1, 0.15) is 0 Å². The fraction of sp³-hybridized carbons (Fsp3) is 0. The molecule has 0 radical (unpaired) electrons. The van der Waals surface area contributed by atoms with E-state index in [1.807, 2.05) is 11.3 Å². The quantitative estimate of drug-likeness (QED) is 0.165. The molecule has 11 rings (SSSR count). The van der Waals surface area contributed by atoms with Crippen molar-refractivity contribution in [2.45, 2.75) is 0 Å². The van der Waals surface area contributed by atoms with Crippen molar-refractivity contribution in [3.63, 3.8) is 0 Å². The Labute approximate surface area is 313 Å². The van der Waals surface area contributed by atoms with E-state index in [1.165, 1.54) is 86.8 Å². The Balaban J connectivity index is 1.08. The Kier molecular flexibility index (Phi) is 7.01. The lowest BCUT2D eigenvalue weighted by Crippen LogP contribution is -2.21. The molecule has 0 fully saturated rings. The second-order valence-corrected chi connectivity index (χ2v) is 16.5. The predicted molar refractivity (Wildman–Crippen MR) is 229 cm³/mol. The molecule has 0 N–H and O–H groups in total. The third-order valence-corrected chi connectivity index (χ3v) is 14.0. The molecule has 10 aromatic rings. The lowest BCUT2D eigenvalue weighted by molar-refractivity contribution is 1.19. The molecule has 250 valence electrons. The molecule has 2 aromatic heterocycles. The summed E-state index contributed by atoms with van der Waals surface area (Å²) in [4.78, 5) is 0. The first-order valence-corrected chi connectivity index (χ1v) is 20.0. The van der Waals surface area contributed by atoms with Gasteiger partial charge in [0.2, 0.25) is 0 Å². The van der Waals surface area contributed by atoms with Crippen molar-refractivity contribution < 1.29 is 0 Å². The maximum atomic E-state index is 2.56. The van der Waals surface area contributed by atoms with Gasteiger partial charge in [-0.3, -0.25) is 9.34 Å². The lowest BCUT2D eigenvalue weighted by Gasteiger charge is -2.32. The summed E-state index contributed by atoms with van der Waals surface area (Å²) < 4.78 is 10.1. The number of hydrogen-bond acceptors (Lipinski definition) is 3. The van der Waals surface area contributed by atoms with Gasteiger partial charge in [0.25, 0.3) is 0 Å². The van der Waals surface area contributed by atoms with E-state index < -0.39 is 8.22 Å². The Morgan fingerprint density at radius 2 is 0.868 bits per heavy atom. The van der Waals surface area contributed by atoms with Gasteiger partial charge in [-0.25, -0.2) is 0 Å². The lowest BCUT2D eigenvalue weighted by atomic mass is 10.0. The molecule has 0 spiro atoms. The highest BCUT2D eigenvalue weighted by atomic mass is 32.1. The zero-order valence-electron chi connectivity index (χ0n) is 28.7. The van der Waals surface area contributed by atoms with E-state index in [1.54, 1.807) is 0 Å². The molecule has 0 saturated carbocycles. The Bertz CT molecular complexity index is 2920. The van der Waals surface area contributed by atoms with Crippen LogP contribution in [-0.2, 0) is 0 Å². The number of aromatic nitrogens is 1. The van der Waals surface area contributed by atoms with Crippen molar-refractivity contribution >= 4 is 89.6 Å². The monoisotopic (exact) mass is 713 g/mol. The molecule has 1 atom stereocenters. The van der Waals surface area contributed by atoms with Crippen LogP contribution in [-0.4, -0.2) is 4.57 Å². The van der Waals surface area contributed by atoms with Crippen molar-refractivity contribution in [3.05, 3.63) is 194 Å². The minimum Gasteiger partial charge on any atom is -0.309 e. The third kappa shape index (κ3) is 4.84. The zero-order chi connectivity index (χ0) is 34.9. The second-order valence-electron chi connectivity index (χ2n) is 13.5. The van der Waals surface area contributed by atoms with Crippen LogP contribution >= 0.6 is 19.6 Å². The number of nitrogens with zero attached hydrogens (tertiary/aromatic N) is 3. The highest BCUT2D eigenvalue weighted by molar-refractivity contribution is 7.70. The Morgan fingerprint density at radius 1 is 0.358 bits per heavy atom. The maximum Gasteiger partial charge on any atom is 0.138 e. The number of rotatable bonds is 5. The third-order valence-electron chi connectivity index (χ3n) is 10.4. The number of benzene rings is 8. The average molecular weight is 714 g/mol. The van der Waals surface area contributed by atoms with E-state index in [-0.39, 0.29) is 0 Å². The normalized spacial score (nSPS) is 14.2. The van der Waals surface area contributed by atoms with Crippen molar-refractivity contribution in [1.82, 2.24) is 4.57 Å². The molecule has 0 amide bonds. The Morgan fingerprint density at radius 3 is 1.53 bits per heavy atom. The SMILES string of the molecule is c1ccc(N2c3ccc(-c4ccc5sc6ccc(-n7c8ccccc8c8ccccc87)cc6c5c4)cc3N(c3ccccc3)P2c2ccccc2)cc1. The summed E-state index contributed by atoms with van der Waals surface area (Å²) in [5.74, 6) is 0. The first kappa shape index (κ1) is 30.4. The average Bonchev–Trinajstić information content (AvgIpc) is 3.89. The van der Waals surface area contributed by atoms with E-state index in [2.05, 4.69) is 208 Å². The second kappa shape index (κ2) is 12.2. The van der Waals surface area contributed by atoms with Crippen molar-refractivity contribution in [3.8, 4) is 16.8 Å². The largest absolute Gasteiger partial charge is 0.309 e. The van der Waals surface area contributed by atoms with Gasteiger partial charge in [0, 0.05) is 53.3 Å². The molecular formula is C48H32N3PS. The summed E-state index contributed by atoms with van der Waals surface area (Å²) >= 11 is 1.87. The van der Waals surface area contributed by atoms with Crippen LogP contribution in [0.15, 0.2) is 194 Å². The molecule has 3 nitrogen and oxygen atoms in total. The summed E-state index contributed by atoms with van der Waals surface area (Å²) in [5, 5.41) is 6.45. The fourth-order valence-electron chi connectivity index (χ4n) is 8.06. The fourth-order valence-corrected chi connectivity index (χ4v) is 11.6. The van der Waals surface area contributed by atoms with Gasteiger partial charge in [-0.2, -0.15) is 0 Å². The van der Waals surface area contributed by atoms with E-state index >= 15 is 0 Å². The standard InChI is InChI=1S/C48H32N3PS/c1-4-14-35(15-5-1)50-45-27-24-34(31-46(45)51(36-16-6-2-7-17-36)52(50)38-18-8-3-9-19-38)33-25-28-47-41(30-33)42-32-37(26-29-48(42)53-47)49-43-22-12-10-20-39(43)40-21-11-13-23-44(40)49/h1-32H. The number of para-hydroxylation sites is 4. The van der Waals surface area contributed by atoms with Gasteiger partial charge in [0.1, 0.15) is 8.22 Å². The van der Waals surface area contributed by atoms with Crippen molar-refractivity contribution in [1.29, 1.82) is 0 Å². The van der Waals surface area contributed by atoms with E-state index in [0.29, 0.717) is 0 Å². The summed E-state index contributed by atoms with van der Waals surface area (Å²) in [6.07, 6.45) is 0. The van der Waals surface area contributed by atoms with Gasteiger partial charge in [0.05, 0.1) is 22.4 Å². The molecule has 1 aliphatic rings. The van der Waals surface area contributed by atoms with Gasteiger partial charge in [-0.15, -0.1) is 11.3 Å². The first-order chi connectivity index (χ1) is 26.3. The summed E-state index contributed by atoms with van der Waals surface area (Å²) in [6, 6.07) is 71.2. The maximum absolute atomic E-state index is 2.56. The topological polar surface area (TPSA) is 11.4 Å². The molecule has 0 saturated heterocycles. The molecule has 8 aromatic carbocycles. The van der Waals surface area contributed by atoms with Crippen LogP contribution in [0, 0.1) is 0 Å².